The summed E-state index contributed by atoms with van der Waals surface area (Å²) in [4.78, 5) is 11.0. The van der Waals surface area contributed by atoms with Crippen LogP contribution in [0.25, 0.3) is 0 Å². The number of rotatable bonds is 2. The maximum atomic E-state index is 12.8. The van der Waals surface area contributed by atoms with Crippen LogP contribution in [0.3, 0.4) is 0 Å². The molecular weight excluding hydrogens is 222 g/mol. The van der Waals surface area contributed by atoms with E-state index in [-0.39, 0.29) is 0 Å². The minimum Gasteiger partial charge on any atom is -0.302 e. The Morgan fingerprint density at radius 3 is 2.33 bits per heavy atom. The molecule has 0 radical (unpaired) electrons. The molecule has 15 heavy (non-hydrogen) atoms. The number of carbonyl (C=O) groups excluding carboxylic acids is 1. The van der Waals surface area contributed by atoms with E-state index in [1.807, 2.05) is 0 Å². The largest absolute Gasteiger partial charge is 0.302 e. The smallest absolute Gasteiger partial charge is 0.250 e. The van der Waals surface area contributed by atoms with E-state index in [0.717, 1.165) is 0 Å². The molecule has 0 aliphatic heterocycles. The Bertz CT molecular complexity index is 395. The Morgan fingerprint density at radius 2 is 1.87 bits per heavy atom. The number of carbonyl (C=O) groups is 1. The molecule has 0 saturated heterocycles. The second-order valence-electron chi connectivity index (χ2n) is 3.96. The maximum absolute atomic E-state index is 12.8. The average molecular weight is 231 g/mol. The number of halogens is 3. The molecule has 0 unspecified atom stereocenters. The van der Waals surface area contributed by atoms with Crippen LogP contribution in [0.5, 0.6) is 0 Å². The van der Waals surface area contributed by atoms with E-state index >= 15 is 0 Å². The monoisotopic (exact) mass is 230 g/mol. The highest BCUT2D eigenvalue weighted by Crippen LogP contribution is 2.53. The SMILES string of the molecule is O=CC1(c2ccccc2Cl)CC(F)(F)C1. The molecular formula is C11H9ClF2O. The second kappa shape index (κ2) is 3.27. The normalized spacial score (nSPS) is 21.8. The van der Waals surface area contributed by atoms with Gasteiger partial charge < -0.3 is 4.79 Å². The fraction of sp³-hybridized carbons (Fsp3) is 0.364. The summed E-state index contributed by atoms with van der Waals surface area (Å²) in [5.74, 6) is -2.74. The molecule has 1 aliphatic rings. The molecule has 1 saturated carbocycles. The summed E-state index contributed by atoms with van der Waals surface area (Å²) in [6.07, 6.45) is -0.286. The van der Waals surface area contributed by atoms with Crippen LogP contribution >= 0.6 is 11.6 Å². The van der Waals surface area contributed by atoms with Gasteiger partial charge in [0.15, 0.2) is 0 Å². The Balaban J connectivity index is 2.38. The van der Waals surface area contributed by atoms with Crippen LogP contribution < -0.4 is 0 Å². The highest BCUT2D eigenvalue weighted by atomic mass is 35.5. The number of hydrogen-bond acceptors (Lipinski definition) is 1. The third kappa shape index (κ3) is 1.65. The molecule has 0 spiro atoms. The molecule has 80 valence electrons. The van der Waals surface area contributed by atoms with E-state index < -0.39 is 24.2 Å². The lowest BCUT2D eigenvalue weighted by atomic mass is 9.63. The minimum atomic E-state index is -2.74. The van der Waals surface area contributed by atoms with Gasteiger partial charge >= 0.3 is 0 Å². The van der Waals surface area contributed by atoms with Gasteiger partial charge in [0.25, 0.3) is 5.92 Å². The van der Waals surface area contributed by atoms with Crippen LogP contribution in [0.2, 0.25) is 5.02 Å². The molecule has 1 aliphatic carbocycles. The van der Waals surface area contributed by atoms with Gasteiger partial charge in [0, 0.05) is 17.9 Å². The van der Waals surface area contributed by atoms with Crippen molar-refractivity contribution in [3.05, 3.63) is 34.9 Å². The van der Waals surface area contributed by atoms with E-state index in [9.17, 15) is 13.6 Å². The van der Waals surface area contributed by atoms with Gasteiger partial charge in [0.1, 0.15) is 6.29 Å². The van der Waals surface area contributed by atoms with E-state index in [2.05, 4.69) is 0 Å². The van der Waals surface area contributed by atoms with Crippen molar-refractivity contribution in [2.75, 3.05) is 0 Å². The highest BCUT2D eigenvalue weighted by Gasteiger charge is 2.58. The Labute approximate surface area is 91.0 Å². The topological polar surface area (TPSA) is 17.1 Å². The second-order valence-corrected chi connectivity index (χ2v) is 4.37. The van der Waals surface area contributed by atoms with E-state index in [1.54, 1.807) is 24.3 Å². The van der Waals surface area contributed by atoms with Gasteiger partial charge in [-0.05, 0) is 11.6 Å². The van der Waals surface area contributed by atoms with Crippen LogP contribution in [0.1, 0.15) is 18.4 Å². The summed E-state index contributed by atoms with van der Waals surface area (Å²) in [7, 11) is 0. The van der Waals surface area contributed by atoms with Crippen LogP contribution in [0.4, 0.5) is 8.78 Å². The maximum Gasteiger partial charge on any atom is 0.250 e. The summed E-state index contributed by atoms with van der Waals surface area (Å²) in [5, 5.41) is 0.375. The van der Waals surface area contributed by atoms with Crippen LogP contribution in [-0.2, 0) is 10.2 Å². The number of aldehydes is 1. The van der Waals surface area contributed by atoms with E-state index in [0.29, 0.717) is 16.9 Å². The molecule has 1 nitrogen and oxygen atoms in total. The zero-order valence-electron chi connectivity index (χ0n) is 7.84. The number of hydrogen-bond donors (Lipinski definition) is 0. The van der Waals surface area contributed by atoms with E-state index in [1.165, 1.54) is 0 Å². The Hall–Kier alpha value is -0.960. The first-order valence-corrected chi connectivity index (χ1v) is 4.96. The lowest BCUT2D eigenvalue weighted by molar-refractivity contribution is -0.146. The fourth-order valence-electron chi connectivity index (χ4n) is 2.07. The molecule has 0 amide bonds. The molecule has 1 aromatic rings. The van der Waals surface area contributed by atoms with Gasteiger partial charge in [-0.15, -0.1) is 0 Å². The fourth-order valence-corrected chi connectivity index (χ4v) is 2.40. The molecule has 0 atom stereocenters. The number of alkyl halides is 2. The van der Waals surface area contributed by atoms with Crippen molar-refractivity contribution in [3.8, 4) is 0 Å². The summed E-state index contributed by atoms with van der Waals surface area (Å²) in [6, 6.07) is 6.65. The zero-order chi connectivity index (χ0) is 11.1. The van der Waals surface area contributed by atoms with Gasteiger partial charge in [0.05, 0.1) is 5.41 Å². The van der Waals surface area contributed by atoms with Crippen molar-refractivity contribution in [2.24, 2.45) is 0 Å². The minimum absolute atomic E-state index is 0.375. The first kappa shape index (κ1) is 10.6. The molecule has 1 fully saturated rings. The first-order chi connectivity index (χ1) is 6.99. The molecule has 2 rings (SSSR count). The molecule has 0 N–H and O–H groups in total. The summed E-state index contributed by atoms with van der Waals surface area (Å²) in [5.41, 5.74) is -0.574. The van der Waals surface area contributed by atoms with Gasteiger partial charge in [-0.3, -0.25) is 0 Å². The van der Waals surface area contributed by atoms with Crippen molar-refractivity contribution in [1.82, 2.24) is 0 Å². The van der Waals surface area contributed by atoms with Gasteiger partial charge in [-0.2, -0.15) is 0 Å². The van der Waals surface area contributed by atoms with Crippen LogP contribution in [0.15, 0.2) is 24.3 Å². The van der Waals surface area contributed by atoms with Crippen molar-refractivity contribution in [2.45, 2.75) is 24.2 Å². The lowest BCUT2D eigenvalue weighted by Crippen LogP contribution is -2.50. The lowest BCUT2D eigenvalue weighted by Gasteiger charge is -2.44. The highest BCUT2D eigenvalue weighted by molar-refractivity contribution is 6.31. The summed E-state index contributed by atoms with van der Waals surface area (Å²) < 4.78 is 25.7. The average Bonchev–Trinajstić information content (AvgIpc) is 2.14. The predicted octanol–water partition coefficient (Wildman–Crippen LogP) is 3.21. The van der Waals surface area contributed by atoms with Crippen molar-refractivity contribution < 1.29 is 13.6 Å². The van der Waals surface area contributed by atoms with Gasteiger partial charge in [-0.1, -0.05) is 29.8 Å². The summed E-state index contributed by atoms with van der Waals surface area (Å²) in [6.45, 7) is 0. The summed E-state index contributed by atoms with van der Waals surface area (Å²) >= 11 is 5.89. The van der Waals surface area contributed by atoms with Crippen molar-refractivity contribution in [3.63, 3.8) is 0 Å². The molecule has 0 bridgehead atoms. The van der Waals surface area contributed by atoms with Crippen LogP contribution in [-0.4, -0.2) is 12.2 Å². The van der Waals surface area contributed by atoms with Crippen molar-refractivity contribution in [1.29, 1.82) is 0 Å². The van der Waals surface area contributed by atoms with Gasteiger partial charge in [0.2, 0.25) is 0 Å². The molecule has 1 aromatic carbocycles. The van der Waals surface area contributed by atoms with Crippen molar-refractivity contribution >= 4 is 17.9 Å². The molecule has 4 heteroatoms. The first-order valence-electron chi connectivity index (χ1n) is 4.58. The third-order valence-electron chi connectivity index (χ3n) is 2.78. The number of benzene rings is 1. The molecule has 0 heterocycles. The quantitative estimate of drug-likeness (QED) is 0.713. The predicted molar refractivity (Wildman–Crippen MR) is 53.4 cm³/mol. The van der Waals surface area contributed by atoms with E-state index in [4.69, 9.17) is 11.6 Å². The van der Waals surface area contributed by atoms with Gasteiger partial charge in [-0.25, -0.2) is 8.78 Å². The van der Waals surface area contributed by atoms with Crippen LogP contribution in [0, 0.1) is 0 Å². The third-order valence-corrected chi connectivity index (χ3v) is 3.11. The Morgan fingerprint density at radius 1 is 1.27 bits per heavy atom. The molecule has 0 aromatic heterocycles. The Kier molecular flexibility index (Phi) is 2.30. The standard InChI is InChI=1S/C11H9ClF2O/c12-9-4-2-1-3-8(9)10(7-15)5-11(13,14)6-10/h1-4,7H,5-6H2. The zero-order valence-corrected chi connectivity index (χ0v) is 8.60.